The monoisotopic (exact) mass is 490 g/mol. The minimum absolute atomic E-state index is 0.149. The van der Waals surface area contributed by atoms with Crippen molar-refractivity contribution in [2.24, 2.45) is 5.73 Å². The summed E-state index contributed by atoms with van der Waals surface area (Å²) in [6.07, 6.45) is 7.26. The first-order chi connectivity index (χ1) is 15.9. The van der Waals surface area contributed by atoms with E-state index in [9.17, 15) is 13.2 Å². The molecule has 0 spiro atoms. The summed E-state index contributed by atoms with van der Waals surface area (Å²) in [5.41, 5.74) is 6.31. The summed E-state index contributed by atoms with van der Waals surface area (Å²) in [6, 6.07) is 5.20. The number of aromatic nitrogens is 3. The molecule has 3 aromatic rings. The first kappa shape index (κ1) is 23.2. The topological polar surface area (TPSA) is 152 Å². The standard InChI is InChI=1S/C21H26N6O4S2/c1-2-26-33(29,30)18-11-14(27-21-23-9-10-24-21)5-8-16(18)17-12-25-19(32-17)13-3-6-15(7-4-13)31-20(22)28/h5,8-13,15,26H,2-4,6-7H2,1H3,(H2,22,28)(H2,23,24,27). The fourth-order valence-corrected chi connectivity index (χ4v) is 6.43. The Morgan fingerprint density at radius 2 is 2.06 bits per heavy atom. The van der Waals surface area contributed by atoms with Crippen LogP contribution < -0.4 is 15.8 Å². The van der Waals surface area contributed by atoms with Gasteiger partial charge in [-0.25, -0.2) is 27.9 Å². The number of aromatic amines is 1. The van der Waals surface area contributed by atoms with E-state index >= 15 is 0 Å². The van der Waals surface area contributed by atoms with Gasteiger partial charge >= 0.3 is 6.09 Å². The van der Waals surface area contributed by atoms with E-state index in [1.165, 1.54) is 11.3 Å². The van der Waals surface area contributed by atoms with E-state index in [1.807, 2.05) is 6.07 Å². The van der Waals surface area contributed by atoms with E-state index < -0.39 is 16.1 Å². The molecular weight excluding hydrogens is 464 g/mol. The quantitative estimate of drug-likeness (QED) is 0.376. The van der Waals surface area contributed by atoms with Gasteiger partial charge in [-0.1, -0.05) is 13.0 Å². The van der Waals surface area contributed by atoms with Crippen LogP contribution in [0.5, 0.6) is 0 Å². The molecule has 12 heteroatoms. The highest BCUT2D eigenvalue weighted by atomic mass is 32.2. The van der Waals surface area contributed by atoms with Gasteiger partial charge in [-0.3, -0.25) is 0 Å². The number of amides is 1. The molecule has 1 saturated carbocycles. The van der Waals surface area contributed by atoms with Gasteiger partial charge in [-0.05, 0) is 37.8 Å². The lowest BCUT2D eigenvalue weighted by Crippen LogP contribution is -2.26. The zero-order chi connectivity index (χ0) is 23.4. The second-order valence-electron chi connectivity index (χ2n) is 7.75. The lowest BCUT2D eigenvalue weighted by Gasteiger charge is -2.26. The van der Waals surface area contributed by atoms with Gasteiger partial charge < -0.3 is 20.8 Å². The average Bonchev–Trinajstić information content (AvgIpc) is 3.46. The van der Waals surface area contributed by atoms with E-state index in [1.54, 1.807) is 37.6 Å². The van der Waals surface area contributed by atoms with Crippen LogP contribution in [0.3, 0.4) is 0 Å². The Hall–Kier alpha value is -2.96. The largest absolute Gasteiger partial charge is 0.446 e. The van der Waals surface area contributed by atoms with Gasteiger partial charge in [0.15, 0.2) is 0 Å². The third-order valence-electron chi connectivity index (χ3n) is 5.46. The number of carbonyl (C=O) groups is 1. The summed E-state index contributed by atoms with van der Waals surface area (Å²) in [5, 5.41) is 4.03. The molecule has 0 atom stereocenters. The fraction of sp³-hybridized carbons (Fsp3) is 0.381. The number of hydrogen-bond acceptors (Lipinski definition) is 8. The highest BCUT2D eigenvalue weighted by molar-refractivity contribution is 7.89. The number of thiazole rings is 1. The second kappa shape index (κ2) is 9.89. The third kappa shape index (κ3) is 5.52. The number of nitrogens with two attached hydrogens (primary N) is 1. The van der Waals surface area contributed by atoms with Crippen molar-refractivity contribution in [1.29, 1.82) is 0 Å². The smallest absolute Gasteiger partial charge is 0.404 e. The zero-order valence-electron chi connectivity index (χ0n) is 18.1. The molecule has 0 aliphatic heterocycles. The maximum atomic E-state index is 13.0. The molecule has 0 unspecified atom stereocenters. The number of nitrogens with zero attached hydrogens (tertiary/aromatic N) is 2. The molecule has 1 aliphatic rings. The molecule has 1 amide bonds. The molecule has 2 aromatic heterocycles. The van der Waals surface area contributed by atoms with Crippen molar-refractivity contribution in [2.75, 3.05) is 11.9 Å². The van der Waals surface area contributed by atoms with E-state index in [0.717, 1.165) is 35.6 Å². The average molecular weight is 491 g/mol. The number of rotatable bonds is 8. The van der Waals surface area contributed by atoms with E-state index in [0.29, 0.717) is 17.2 Å². The third-order valence-corrected chi connectivity index (χ3v) is 8.24. The summed E-state index contributed by atoms with van der Waals surface area (Å²) in [5.74, 6) is 0.760. The van der Waals surface area contributed by atoms with Crippen molar-refractivity contribution in [3.8, 4) is 10.4 Å². The normalized spacial score (nSPS) is 18.7. The van der Waals surface area contributed by atoms with Crippen LogP contribution in [0.4, 0.5) is 16.4 Å². The van der Waals surface area contributed by atoms with Crippen molar-refractivity contribution in [3.63, 3.8) is 0 Å². The highest BCUT2D eigenvalue weighted by Gasteiger charge is 2.27. The molecule has 4 rings (SSSR count). The highest BCUT2D eigenvalue weighted by Crippen LogP contribution is 2.40. The molecule has 1 aromatic carbocycles. The van der Waals surface area contributed by atoms with Crippen LogP contribution in [0.25, 0.3) is 10.4 Å². The van der Waals surface area contributed by atoms with Crippen LogP contribution in [0, 0.1) is 0 Å². The SMILES string of the molecule is CCNS(=O)(=O)c1cc(Nc2ncc[nH]2)ccc1-c1cnc(C2CCC(OC(N)=O)CC2)s1. The number of primary amides is 1. The molecular formula is C21H26N6O4S2. The number of sulfonamides is 1. The van der Waals surface area contributed by atoms with Crippen molar-refractivity contribution in [2.45, 2.75) is 49.5 Å². The lowest BCUT2D eigenvalue weighted by atomic mass is 9.88. The summed E-state index contributed by atoms with van der Waals surface area (Å²) in [4.78, 5) is 23.6. The Labute approximate surface area is 196 Å². The predicted octanol–water partition coefficient (Wildman–Crippen LogP) is 3.70. The van der Waals surface area contributed by atoms with Crippen LogP contribution in [0.15, 0.2) is 41.7 Å². The first-order valence-corrected chi connectivity index (χ1v) is 13.0. The molecule has 0 radical (unpaired) electrons. The van der Waals surface area contributed by atoms with Gasteiger partial charge in [0, 0.05) is 42.3 Å². The van der Waals surface area contributed by atoms with Gasteiger partial charge in [0.1, 0.15) is 6.10 Å². The van der Waals surface area contributed by atoms with E-state index in [4.69, 9.17) is 10.5 Å². The number of benzene rings is 1. The summed E-state index contributed by atoms with van der Waals surface area (Å²) in [6.45, 7) is 2.02. The summed E-state index contributed by atoms with van der Waals surface area (Å²) < 4.78 is 33.7. The van der Waals surface area contributed by atoms with Crippen LogP contribution in [0.2, 0.25) is 0 Å². The second-order valence-corrected chi connectivity index (χ2v) is 10.5. The van der Waals surface area contributed by atoms with Crippen molar-refractivity contribution < 1.29 is 17.9 Å². The Morgan fingerprint density at radius 1 is 1.27 bits per heavy atom. The molecule has 2 heterocycles. The van der Waals surface area contributed by atoms with Crippen LogP contribution in [0.1, 0.15) is 43.5 Å². The lowest BCUT2D eigenvalue weighted by molar-refractivity contribution is 0.0787. The Morgan fingerprint density at radius 3 is 2.73 bits per heavy atom. The van der Waals surface area contributed by atoms with Crippen molar-refractivity contribution >= 4 is 39.1 Å². The number of nitrogens with one attached hydrogen (secondary N) is 3. The maximum Gasteiger partial charge on any atom is 0.404 e. The van der Waals surface area contributed by atoms with Gasteiger partial charge in [-0.15, -0.1) is 11.3 Å². The van der Waals surface area contributed by atoms with Crippen LogP contribution in [-0.4, -0.2) is 42.1 Å². The maximum absolute atomic E-state index is 13.0. The molecule has 33 heavy (non-hydrogen) atoms. The van der Waals surface area contributed by atoms with Gasteiger partial charge in [0.25, 0.3) is 0 Å². The van der Waals surface area contributed by atoms with Gasteiger partial charge in [-0.2, -0.15) is 0 Å². The number of carbonyl (C=O) groups excluding carboxylic acids is 1. The number of H-pyrrole nitrogens is 1. The van der Waals surface area contributed by atoms with E-state index in [2.05, 4.69) is 25.0 Å². The molecule has 176 valence electrons. The summed E-state index contributed by atoms with van der Waals surface area (Å²) in [7, 11) is -3.73. The Kier molecular flexibility index (Phi) is 6.96. The van der Waals surface area contributed by atoms with Gasteiger partial charge in [0.2, 0.25) is 16.0 Å². The van der Waals surface area contributed by atoms with Gasteiger partial charge in [0.05, 0.1) is 14.8 Å². The van der Waals surface area contributed by atoms with Crippen LogP contribution in [-0.2, 0) is 14.8 Å². The number of imidazole rings is 1. The first-order valence-electron chi connectivity index (χ1n) is 10.7. The zero-order valence-corrected chi connectivity index (χ0v) is 19.7. The van der Waals surface area contributed by atoms with Crippen LogP contribution >= 0.6 is 11.3 Å². The van der Waals surface area contributed by atoms with E-state index in [-0.39, 0.29) is 23.5 Å². The van der Waals surface area contributed by atoms with Crippen molar-refractivity contribution in [1.82, 2.24) is 19.7 Å². The molecule has 5 N–H and O–H groups in total. The van der Waals surface area contributed by atoms with Crippen molar-refractivity contribution in [3.05, 3.63) is 41.8 Å². The molecule has 0 bridgehead atoms. The number of hydrogen-bond donors (Lipinski definition) is 4. The molecule has 0 saturated heterocycles. The molecule has 1 fully saturated rings. The molecule has 1 aliphatic carbocycles. The minimum Gasteiger partial charge on any atom is -0.446 e. The predicted molar refractivity (Wildman–Crippen MR) is 126 cm³/mol. The minimum atomic E-state index is -3.73. The number of anilines is 2. The molecule has 10 nitrogen and oxygen atoms in total. The Balaban J connectivity index is 1.59. The number of ether oxygens (including phenoxy) is 1. The Bertz CT molecular complexity index is 1200. The fourth-order valence-electron chi connectivity index (χ4n) is 3.96. The summed E-state index contributed by atoms with van der Waals surface area (Å²) >= 11 is 1.49.